The van der Waals surface area contributed by atoms with Crippen LogP contribution in [0, 0.1) is 0 Å². The second-order valence-electron chi connectivity index (χ2n) is 6.02. The van der Waals surface area contributed by atoms with Gasteiger partial charge in [-0.3, -0.25) is 4.79 Å². The minimum atomic E-state index is -0.272. The van der Waals surface area contributed by atoms with Gasteiger partial charge in [-0.15, -0.1) is 0 Å². The quantitative estimate of drug-likeness (QED) is 0.550. The molecule has 0 radical (unpaired) electrons. The zero-order valence-corrected chi connectivity index (χ0v) is 14.5. The lowest BCUT2D eigenvalue weighted by atomic mass is 10.1. The van der Waals surface area contributed by atoms with E-state index >= 15 is 0 Å². The number of carbonyl (C=O) groups excluding carboxylic acids is 1. The minimum absolute atomic E-state index is 0.122. The monoisotopic (exact) mass is 362 g/mol. The van der Waals surface area contributed by atoms with Gasteiger partial charge in [0.15, 0.2) is 5.65 Å². The van der Waals surface area contributed by atoms with Crippen LogP contribution in [-0.2, 0) is 6.54 Å². The van der Waals surface area contributed by atoms with E-state index in [1.165, 1.54) is 0 Å². The van der Waals surface area contributed by atoms with Crippen molar-refractivity contribution in [1.29, 1.82) is 0 Å². The number of aromatic nitrogens is 3. The van der Waals surface area contributed by atoms with E-state index in [0.717, 1.165) is 11.3 Å². The number of nitrogens with zero attached hydrogens (tertiary/aromatic N) is 3. The molecule has 3 aromatic heterocycles. The molecule has 1 aromatic carbocycles. The van der Waals surface area contributed by atoms with Gasteiger partial charge in [-0.25, -0.2) is 9.67 Å². The topological polar surface area (TPSA) is 93.2 Å². The number of aliphatic hydroxyl groups is 1. The molecule has 0 unspecified atom stereocenters. The van der Waals surface area contributed by atoms with Crippen LogP contribution in [0.2, 0.25) is 0 Å². The van der Waals surface area contributed by atoms with Crippen molar-refractivity contribution in [3.8, 4) is 11.3 Å². The molecule has 0 fully saturated rings. The summed E-state index contributed by atoms with van der Waals surface area (Å²) in [6.07, 6.45) is 3.24. The number of nitrogens with one attached hydrogen (secondary N) is 1. The number of fused-ring (bicyclic) bond motifs is 1. The van der Waals surface area contributed by atoms with Crippen molar-refractivity contribution in [1.82, 2.24) is 20.1 Å². The van der Waals surface area contributed by atoms with E-state index < -0.39 is 0 Å². The number of furan rings is 1. The van der Waals surface area contributed by atoms with E-state index in [1.54, 1.807) is 23.2 Å². The summed E-state index contributed by atoms with van der Waals surface area (Å²) in [5.41, 5.74) is 2.65. The van der Waals surface area contributed by atoms with Gasteiger partial charge in [-0.05, 0) is 18.2 Å². The Morgan fingerprint density at radius 2 is 2.04 bits per heavy atom. The number of hydrogen-bond donors (Lipinski definition) is 2. The Morgan fingerprint density at radius 3 is 2.78 bits per heavy atom. The lowest BCUT2D eigenvalue weighted by molar-refractivity contribution is 0.0946. The average molecular weight is 362 g/mol. The molecule has 3 heterocycles. The molecule has 27 heavy (non-hydrogen) atoms. The van der Waals surface area contributed by atoms with Crippen LogP contribution < -0.4 is 5.32 Å². The van der Waals surface area contributed by atoms with Crippen LogP contribution in [0.25, 0.3) is 22.3 Å². The molecule has 4 rings (SSSR count). The molecule has 1 amide bonds. The van der Waals surface area contributed by atoms with E-state index in [1.807, 2.05) is 42.5 Å². The summed E-state index contributed by atoms with van der Waals surface area (Å²) in [5.74, 6) is 0.476. The Kier molecular flexibility index (Phi) is 4.67. The second-order valence-corrected chi connectivity index (χ2v) is 6.02. The summed E-state index contributed by atoms with van der Waals surface area (Å²) in [4.78, 5) is 17.4. The molecule has 0 spiro atoms. The van der Waals surface area contributed by atoms with Crippen LogP contribution in [0.5, 0.6) is 0 Å². The van der Waals surface area contributed by atoms with E-state index in [-0.39, 0.29) is 19.1 Å². The summed E-state index contributed by atoms with van der Waals surface area (Å²) in [7, 11) is 0. The highest BCUT2D eigenvalue weighted by Gasteiger charge is 2.17. The highest BCUT2D eigenvalue weighted by molar-refractivity contribution is 6.06. The van der Waals surface area contributed by atoms with Gasteiger partial charge in [-0.1, -0.05) is 30.3 Å². The lowest BCUT2D eigenvalue weighted by Gasteiger charge is -2.09. The van der Waals surface area contributed by atoms with Gasteiger partial charge >= 0.3 is 0 Å². The highest BCUT2D eigenvalue weighted by Crippen LogP contribution is 2.25. The van der Waals surface area contributed by atoms with Gasteiger partial charge in [-0.2, -0.15) is 5.10 Å². The van der Waals surface area contributed by atoms with Gasteiger partial charge in [0.1, 0.15) is 12.3 Å². The second kappa shape index (κ2) is 7.43. The van der Waals surface area contributed by atoms with Crippen molar-refractivity contribution in [3.63, 3.8) is 0 Å². The molecule has 2 N–H and O–H groups in total. The molecule has 0 aliphatic rings. The fourth-order valence-electron chi connectivity index (χ4n) is 2.92. The van der Waals surface area contributed by atoms with Crippen molar-refractivity contribution >= 4 is 16.9 Å². The molecule has 136 valence electrons. The Morgan fingerprint density at radius 1 is 1.19 bits per heavy atom. The third kappa shape index (κ3) is 3.45. The molecule has 0 atom stereocenters. The van der Waals surface area contributed by atoms with Crippen molar-refractivity contribution in [3.05, 3.63) is 72.3 Å². The molecule has 7 heteroatoms. The summed E-state index contributed by atoms with van der Waals surface area (Å²) in [6.45, 7) is 0.479. The normalized spacial score (nSPS) is 11.0. The van der Waals surface area contributed by atoms with Crippen LogP contribution in [-0.4, -0.2) is 38.9 Å². The molecule has 0 aliphatic carbocycles. The van der Waals surface area contributed by atoms with Gasteiger partial charge in [0.2, 0.25) is 0 Å². The largest absolute Gasteiger partial charge is 0.467 e. The summed E-state index contributed by atoms with van der Waals surface area (Å²) in [5, 5.41) is 16.7. The summed E-state index contributed by atoms with van der Waals surface area (Å²) in [6, 6.07) is 15.1. The Balaban J connectivity index is 1.84. The first-order valence-electron chi connectivity index (χ1n) is 8.59. The molecule has 0 aliphatic heterocycles. The smallest absolute Gasteiger partial charge is 0.252 e. The van der Waals surface area contributed by atoms with Crippen LogP contribution in [0.1, 0.15) is 16.1 Å². The third-order valence-electron chi connectivity index (χ3n) is 4.21. The molecule has 4 aromatic rings. The standard InChI is InChI=1S/C20H18N4O3/c25-9-8-21-20(26)16-11-18(14-5-2-1-3-6-14)23-19-17(16)12-22-24(19)13-15-7-4-10-27-15/h1-7,10-12,25H,8-9,13H2,(H,21,26). The molecular formula is C20H18N4O3. The number of rotatable bonds is 6. The van der Waals surface area contributed by atoms with Crippen molar-refractivity contribution in [2.24, 2.45) is 0 Å². The zero-order chi connectivity index (χ0) is 18.6. The molecule has 7 nitrogen and oxygen atoms in total. The molecule has 0 saturated carbocycles. The molecular weight excluding hydrogens is 344 g/mol. The van der Waals surface area contributed by atoms with Gasteiger partial charge in [0, 0.05) is 12.1 Å². The number of benzene rings is 1. The first-order valence-corrected chi connectivity index (χ1v) is 8.59. The zero-order valence-electron chi connectivity index (χ0n) is 14.5. The number of amides is 1. The Hall–Kier alpha value is -3.45. The first kappa shape index (κ1) is 17.0. The van der Waals surface area contributed by atoms with Crippen molar-refractivity contribution in [2.45, 2.75) is 6.54 Å². The van der Waals surface area contributed by atoms with Crippen molar-refractivity contribution < 1.29 is 14.3 Å². The van der Waals surface area contributed by atoms with Gasteiger partial charge in [0.05, 0.1) is 35.7 Å². The van der Waals surface area contributed by atoms with Crippen LogP contribution in [0.4, 0.5) is 0 Å². The fourth-order valence-corrected chi connectivity index (χ4v) is 2.92. The maximum atomic E-state index is 12.6. The molecule has 0 saturated heterocycles. The number of hydrogen-bond acceptors (Lipinski definition) is 5. The highest BCUT2D eigenvalue weighted by atomic mass is 16.3. The predicted octanol–water partition coefficient (Wildman–Crippen LogP) is 2.46. The maximum Gasteiger partial charge on any atom is 0.252 e. The summed E-state index contributed by atoms with van der Waals surface area (Å²) >= 11 is 0. The van der Waals surface area contributed by atoms with E-state index in [0.29, 0.717) is 28.8 Å². The number of pyridine rings is 1. The maximum absolute atomic E-state index is 12.6. The number of aliphatic hydroxyl groups excluding tert-OH is 1. The minimum Gasteiger partial charge on any atom is -0.467 e. The molecule has 0 bridgehead atoms. The van der Waals surface area contributed by atoms with Gasteiger partial charge in [0.25, 0.3) is 5.91 Å². The lowest BCUT2D eigenvalue weighted by Crippen LogP contribution is -2.26. The van der Waals surface area contributed by atoms with Crippen molar-refractivity contribution in [2.75, 3.05) is 13.2 Å². The van der Waals surface area contributed by atoms with E-state index in [2.05, 4.69) is 10.4 Å². The van der Waals surface area contributed by atoms with Crippen LogP contribution in [0.3, 0.4) is 0 Å². The van der Waals surface area contributed by atoms with Crippen LogP contribution in [0.15, 0.2) is 65.4 Å². The summed E-state index contributed by atoms with van der Waals surface area (Å²) < 4.78 is 7.12. The van der Waals surface area contributed by atoms with Crippen LogP contribution >= 0.6 is 0 Å². The average Bonchev–Trinajstić information content (AvgIpc) is 3.36. The Bertz CT molecular complexity index is 1060. The first-order chi connectivity index (χ1) is 13.3. The number of carbonyl (C=O) groups is 1. The van der Waals surface area contributed by atoms with E-state index in [9.17, 15) is 4.79 Å². The Labute approximate surface area is 155 Å². The SMILES string of the molecule is O=C(NCCO)c1cc(-c2ccccc2)nc2c1cnn2Cc1ccco1. The van der Waals surface area contributed by atoms with E-state index in [4.69, 9.17) is 14.5 Å². The third-order valence-corrected chi connectivity index (χ3v) is 4.21. The fraction of sp³-hybridized carbons (Fsp3) is 0.150. The predicted molar refractivity (Wildman–Crippen MR) is 100 cm³/mol. The van der Waals surface area contributed by atoms with Gasteiger partial charge < -0.3 is 14.8 Å².